The third-order valence-corrected chi connectivity index (χ3v) is 6.54. The summed E-state index contributed by atoms with van der Waals surface area (Å²) < 4.78 is 27.6. The van der Waals surface area contributed by atoms with Crippen molar-refractivity contribution in [3.63, 3.8) is 0 Å². The van der Waals surface area contributed by atoms with Gasteiger partial charge in [0.15, 0.2) is 5.78 Å². The monoisotopic (exact) mass is 474 g/mol. The highest BCUT2D eigenvalue weighted by molar-refractivity contribution is 7.92. The van der Waals surface area contributed by atoms with Crippen LogP contribution in [0.1, 0.15) is 15.9 Å². The summed E-state index contributed by atoms with van der Waals surface area (Å²) in [5.41, 5.74) is 2.71. The van der Waals surface area contributed by atoms with Crippen LogP contribution in [-0.2, 0) is 10.0 Å². The van der Waals surface area contributed by atoms with Gasteiger partial charge in [0.25, 0.3) is 10.0 Å². The Morgan fingerprint density at radius 1 is 0.935 bits per heavy atom. The SMILES string of the molecule is CN(C)c1ccc(/C=C/C(=O)c2ccc(NS(=O)(=O)c3cc(Cl)ccc3Cl)cc2)cc1. The first-order chi connectivity index (χ1) is 14.7. The summed E-state index contributed by atoms with van der Waals surface area (Å²) in [5, 5.41) is 0.321. The maximum Gasteiger partial charge on any atom is 0.263 e. The first-order valence-electron chi connectivity index (χ1n) is 9.23. The Bertz CT molecular complexity index is 1220. The van der Waals surface area contributed by atoms with E-state index in [9.17, 15) is 13.2 Å². The second kappa shape index (κ2) is 9.56. The number of rotatable bonds is 7. The molecule has 160 valence electrons. The molecule has 8 heteroatoms. The van der Waals surface area contributed by atoms with Crippen LogP contribution in [0.2, 0.25) is 10.0 Å². The lowest BCUT2D eigenvalue weighted by atomic mass is 10.1. The molecule has 0 saturated heterocycles. The highest BCUT2D eigenvalue weighted by atomic mass is 35.5. The van der Waals surface area contributed by atoms with Crippen molar-refractivity contribution < 1.29 is 13.2 Å². The molecular weight excluding hydrogens is 455 g/mol. The Morgan fingerprint density at radius 2 is 1.58 bits per heavy atom. The van der Waals surface area contributed by atoms with Crippen LogP contribution in [0, 0.1) is 0 Å². The number of nitrogens with zero attached hydrogens (tertiary/aromatic N) is 1. The molecule has 3 aromatic carbocycles. The molecule has 1 N–H and O–H groups in total. The van der Waals surface area contributed by atoms with E-state index in [1.165, 1.54) is 36.4 Å². The zero-order valence-electron chi connectivity index (χ0n) is 16.8. The molecule has 0 radical (unpaired) electrons. The van der Waals surface area contributed by atoms with Crippen molar-refractivity contribution in [3.05, 3.63) is 94.0 Å². The number of halogens is 2. The molecule has 0 atom stereocenters. The van der Waals surface area contributed by atoms with E-state index >= 15 is 0 Å². The van der Waals surface area contributed by atoms with Crippen molar-refractivity contribution in [3.8, 4) is 0 Å². The molecule has 0 heterocycles. The lowest BCUT2D eigenvalue weighted by Gasteiger charge is -2.11. The smallest absolute Gasteiger partial charge is 0.263 e. The van der Waals surface area contributed by atoms with Gasteiger partial charge in [0, 0.05) is 36.1 Å². The summed E-state index contributed by atoms with van der Waals surface area (Å²) >= 11 is 11.9. The molecule has 0 spiro atoms. The molecule has 31 heavy (non-hydrogen) atoms. The van der Waals surface area contributed by atoms with Crippen LogP contribution in [0.4, 0.5) is 11.4 Å². The molecule has 0 saturated carbocycles. The first-order valence-corrected chi connectivity index (χ1v) is 11.5. The second-order valence-electron chi connectivity index (χ2n) is 6.94. The average molecular weight is 475 g/mol. The summed E-state index contributed by atoms with van der Waals surface area (Å²) in [6, 6.07) is 18.1. The van der Waals surface area contributed by atoms with Crippen molar-refractivity contribution in [2.24, 2.45) is 0 Å². The predicted molar refractivity (Wildman–Crippen MR) is 128 cm³/mol. The van der Waals surface area contributed by atoms with E-state index in [0.29, 0.717) is 11.3 Å². The summed E-state index contributed by atoms with van der Waals surface area (Å²) in [7, 11) is -0.00426. The fraction of sp³-hybridized carbons (Fsp3) is 0.0870. The minimum atomic E-state index is -3.92. The summed E-state index contributed by atoms with van der Waals surface area (Å²) in [4.78, 5) is 14.3. The lowest BCUT2D eigenvalue weighted by molar-refractivity contribution is 0.104. The fourth-order valence-corrected chi connectivity index (χ4v) is 4.57. The quantitative estimate of drug-likeness (QED) is 0.349. The van der Waals surface area contributed by atoms with Gasteiger partial charge in [-0.05, 0) is 66.2 Å². The minimum absolute atomic E-state index is 0.0625. The van der Waals surface area contributed by atoms with Crippen molar-refractivity contribution in [2.75, 3.05) is 23.7 Å². The normalized spacial score (nSPS) is 11.5. The number of hydrogen-bond acceptors (Lipinski definition) is 4. The number of sulfonamides is 1. The molecule has 3 rings (SSSR count). The third-order valence-electron chi connectivity index (χ3n) is 4.44. The molecule has 0 aliphatic heterocycles. The van der Waals surface area contributed by atoms with E-state index in [1.54, 1.807) is 18.2 Å². The summed E-state index contributed by atoms with van der Waals surface area (Å²) in [6.45, 7) is 0. The number of carbonyl (C=O) groups excluding carboxylic acids is 1. The van der Waals surface area contributed by atoms with Gasteiger partial charge in [0.05, 0.1) is 5.02 Å². The van der Waals surface area contributed by atoms with Crippen LogP contribution >= 0.6 is 23.2 Å². The number of benzene rings is 3. The molecule has 0 fully saturated rings. The molecule has 0 bridgehead atoms. The molecule has 0 aromatic heterocycles. The van der Waals surface area contributed by atoms with E-state index < -0.39 is 10.0 Å². The molecule has 0 aliphatic carbocycles. The zero-order valence-corrected chi connectivity index (χ0v) is 19.2. The van der Waals surface area contributed by atoms with Crippen molar-refractivity contribution in [1.82, 2.24) is 0 Å². The lowest BCUT2D eigenvalue weighted by Crippen LogP contribution is -2.13. The molecule has 5 nitrogen and oxygen atoms in total. The van der Waals surface area contributed by atoms with Crippen LogP contribution in [0.5, 0.6) is 0 Å². The van der Waals surface area contributed by atoms with Crippen molar-refractivity contribution in [2.45, 2.75) is 4.90 Å². The van der Waals surface area contributed by atoms with Crippen molar-refractivity contribution in [1.29, 1.82) is 0 Å². The van der Waals surface area contributed by atoms with Crippen LogP contribution < -0.4 is 9.62 Å². The third kappa shape index (κ3) is 5.88. The Morgan fingerprint density at radius 3 is 2.19 bits per heavy atom. The maximum absolute atomic E-state index is 12.6. The van der Waals surface area contributed by atoms with Gasteiger partial charge >= 0.3 is 0 Å². The Balaban J connectivity index is 1.70. The largest absolute Gasteiger partial charge is 0.378 e. The number of allylic oxidation sites excluding steroid dienone is 1. The van der Waals surface area contributed by atoms with Crippen LogP contribution in [-0.4, -0.2) is 28.3 Å². The topological polar surface area (TPSA) is 66.5 Å². The zero-order chi connectivity index (χ0) is 22.6. The van der Waals surface area contributed by atoms with Gasteiger partial charge in [0.1, 0.15) is 4.90 Å². The van der Waals surface area contributed by atoms with Gasteiger partial charge < -0.3 is 4.90 Å². The fourth-order valence-electron chi connectivity index (χ4n) is 2.75. The highest BCUT2D eigenvalue weighted by Crippen LogP contribution is 2.27. The number of hydrogen-bond donors (Lipinski definition) is 1. The maximum atomic E-state index is 12.6. The number of nitrogens with one attached hydrogen (secondary N) is 1. The summed E-state index contributed by atoms with van der Waals surface area (Å²) in [6.07, 6.45) is 3.22. The number of anilines is 2. The second-order valence-corrected chi connectivity index (χ2v) is 9.44. The molecule has 0 amide bonds. The molecule has 3 aromatic rings. The van der Waals surface area contributed by atoms with Gasteiger partial charge in [0.2, 0.25) is 0 Å². The number of ketones is 1. The molecular formula is C23H20Cl2N2O3S. The highest BCUT2D eigenvalue weighted by Gasteiger charge is 2.18. The van der Waals surface area contributed by atoms with E-state index in [1.807, 2.05) is 43.3 Å². The predicted octanol–water partition coefficient (Wildman–Crippen LogP) is 5.76. The van der Waals surface area contributed by atoms with Gasteiger partial charge in [-0.3, -0.25) is 9.52 Å². The van der Waals surface area contributed by atoms with E-state index in [4.69, 9.17) is 23.2 Å². The summed E-state index contributed by atoms with van der Waals surface area (Å²) in [5.74, 6) is -0.191. The van der Waals surface area contributed by atoms with E-state index in [-0.39, 0.29) is 20.7 Å². The minimum Gasteiger partial charge on any atom is -0.378 e. The van der Waals surface area contributed by atoms with E-state index in [2.05, 4.69) is 4.72 Å². The van der Waals surface area contributed by atoms with Gasteiger partial charge in [-0.2, -0.15) is 0 Å². The molecule has 0 unspecified atom stereocenters. The average Bonchev–Trinajstić information content (AvgIpc) is 2.74. The first kappa shape index (κ1) is 22.9. The Hall–Kier alpha value is -2.80. The van der Waals surface area contributed by atoms with Crippen molar-refractivity contribution >= 4 is 56.5 Å². The van der Waals surface area contributed by atoms with Crippen LogP contribution in [0.25, 0.3) is 6.08 Å². The van der Waals surface area contributed by atoms with Crippen LogP contribution in [0.3, 0.4) is 0 Å². The molecule has 0 aliphatic rings. The van der Waals surface area contributed by atoms with Crippen LogP contribution in [0.15, 0.2) is 77.7 Å². The standard InChI is InChI=1S/C23H20Cl2N2O3S/c1-27(2)20-11-3-16(4-12-20)5-14-22(28)17-6-9-19(10-7-17)26-31(29,30)23-15-18(24)8-13-21(23)25/h3-15,26H,1-2H3/b14-5+. The Kier molecular flexibility index (Phi) is 7.05. The van der Waals surface area contributed by atoms with Gasteiger partial charge in [-0.25, -0.2) is 8.42 Å². The van der Waals surface area contributed by atoms with E-state index in [0.717, 1.165) is 11.3 Å². The van der Waals surface area contributed by atoms with Gasteiger partial charge in [-0.1, -0.05) is 41.4 Å². The number of carbonyl (C=O) groups is 1. The Labute approximate surface area is 192 Å². The van der Waals surface area contributed by atoms with Gasteiger partial charge in [-0.15, -0.1) is 0 Å².